The van der Waals surface area contributed by atoms with E-state index in [2.05, 4.69) is 5.32 Å². The van der Waals surface area contributed by atoms with E-state index in [9.17, 15) is 14.0 Å². The molecule has 0 fully saturated rings. The summed E-state index contributed by atoms with van der Waals surface area (Å²) in [5.41, 5.74) is 2.34. The normalized spacial score (nSPS) is 12.9. The SMILES string of the molecule is CC[C@@H](C)NC(=O)[C@H](C)N(Cc1cccc(C)c1)C(=O)Cc1ccccc1F. The van der Waals surface area contributed by atoms with Crippen molar-refractivity contribution in [3.05, 3.63) is 71.0 Å². The summed E-state index contributed by atoms with van der Waals surface area (Å²) in [5, 5.41) is 2.93. The van der Waals surface area contributed by atoms with Crippen LogP contribution >= 0.6 is 0 Å². The van der Waals surface area contributed by atoms with E-state index in [1.54, 1.807) is 25.1 Å². The molecule has 2 rings (SSSR count). The molecule has 28 heavy (non-hydrogen) atoms. The van der Waals surface area contributed by atoms with Crippen LogP contribution in [0.25, 0.3) is 0 Å². The largest absolute Gasteiger partial charge is 0.352 e. The van der Waals surface area contributed by atoms with Crippen LogP contribution in [0, 0.1) is 12.7 Å². The molecule has 0 aliphatic rings. The molecule has 4 nitrogen and oxygen atoms in total. The van der Waals surface area contributed by atoms with Crippen molar-refractivity contribution in [1.29, 1.82) is 0 Å². The van der Waals surface area contributed by atoms with E-state index in [-0.39, 0.29) is 24.3 Å². The summed E-state index contributed by atoms with van der Waals surface area (Å²) >= 11 is 0. The molecular formula is C23H29FN2O2. The number of amides is 2. The molecule has 150 valence electrons. The van der Waals surface area contributed by atoms with Crippen molar-refractivity contribution in [1.82, 2.24) is 10.2 Å². The van der Waals surface area contributed by atoms with Crippen LogP contribution < -0.4 is 5.32 Å². The van der Waals surface area contributed by atoms with Crippen LogP contribution in [0.2, 0.25) is 0 Å². The average molecular weight is 384 g/mol. The number of carbonyl (C=O) groups is 2. The monoisotopic (exact) mass is 384 g/mol. The molecule has 0 saturated heterocycles. The lowest BCUT2D eigenvalue weighted by Gasteiger charge is -2.30. The molecule has 2 aromatic carbocycles. The fourth-order valence-corrected chi connectivity index (χ4v) is 2.96. The molecule has 0 aliphatic heterocycles. The van der Waals surface area contributed by atoms with Gasteiger partial charge in [-0.3, -0.25) is 9.59 Å². The van der Waals surface area contributed by atoms with E-state index in [4.69, 9.17) is 0 Å². The second-order valence-electron chi connectivity index (χ2n) is 7.27. The number of nitrogens with one attached hydrogen (secondary N) is 1. The molecule has 2 amide bonds. The Morgan fingerprint density at radius 2 is 1.82 bits per heavy atom. The summed E-state index contributed by atoms with van der Waals surface area (Å²) in [6.07, 6.45) is 0.721. The molecule has 0 aromatic heterocycles. The second-order valence-corrected chi connectivity index (χ2v) is 7.27. The molecule has 0 heterocycles. The number of rotatable bonds is 8. The maximum absolute atomic E-state index is 14.0. The Hall–Kier alpha value is -2.69. The lowest BCUT2D eigenvalue weighted by atomic mass is 10.1. The highest BCUT2D eigenvalue weighted by molar-refractivity contribution is 5.88. The fourth-order valence-electron chi connectivity index (χ4n) is 2.96. The Bertz CT molecular complexity index is 822. The lowest BCUT2D eigenvalue weighted by Crippen LogP contribution is -2.50. The van der Waals surface area contributed by atoms with Gasteiger partial charge in [-0.15, -0.1) is 0 Å². The van der Waals surface area contributed by atoms with Crippen molar-refractivity contribution in [3.8, 4) is 0 Å². The van der Waals surface area contributed by atoms with E-state index in [1.165, 1.54) is 11.0 Å². The molecule has 5 heteroatoms. The van der Waals surface area contributed by atoms with E-state index < -0.39 is 11.9 Å². The first-order valence-electron chi connectivity index (χ1n) is 9.70. The van der Waals surface area contributed by atoms with Gasteiger partial charge in [-0.2, -0.15) is 0 Å². The van der Waals surface area contributed by atoms with Crippen LogP contribution in [0.1, 0.15) is 43.9 Å². The first-order valence-corrected chi connectivity index (χ1v) is 9.70. The minimum atomic E-state index is -0.659. The Labute approximate surface area is 166 Å². The van der Waals surface area contributed by atoms with Crippen LogP contribution in [0.3, 0.4) is 0 Å². The predicted octanol–water partition coefficient (Wildman–Crippen LogP) is 4.01. The highest BCUT2D eigenvalue weighted by Crippen LogP contribution is 2.15. The Morgan fingerprint density at radius 3 is 2.46 bits per heavy atom. The van der Waals surface area contributed by atoms with Gasteiger partial charge in [0.25, 0.3) is 0 Å². The molecule has 1 N–H and O–H groups in total. The van der Waals surface area contributed by atoms with Crippen molar-refractivity contribution < 1.29 is 14.0 Å². The van der Waals surface area contributed by atoms with E-state index in [1.807, 2.05) is 45.0 Å². The third-order valence-corrected chi connectivity index (χ3v) is 4.90. The van der Waals surface area contributed by atoms with Gasteiger partial charge in [0.2, 0.25) is 11.8 Å². The zero-order valence-corrected chi connectivity index (χ0v) is 17.0. The topological polar surface area (TPSA) is 49.4 Å². The lowest BCUT2D eigenvalue weighted by molar-refractivity contribution is -0.140. The molecule has 2 aromatic rings. The number of carbonyl (C=O) groups excluding carboxylic acids is 2. The Morgan fingerprint density at radius 1 is 1.11 bits per heavy atom. The zero-order chi connectivity index (χ0) is 20.7. The first kappa shape index (κ1) is 21.6. The van der Waals surface area contributed by atoms with Crippen LogP contribution in [-0.2, 0) is 22.6 Å². The predicted molar refractivity (Wildman–Crippen MR) is 109 cm³/mol. The first-order chi connectivity index (χ1) is 13.3. The summed E-state index contributed by atoms with van der Waals surface area (Å²) in [6.45, 7) is 7.91. The molecular weight excluding hydrogens is 355 g/mol. The van der Waals surface area contributed by atoms with Gasteiger partial charge in [-0.05, 0) is 44.4 Å². The number of hydrogen-bond donors (Lipinski definition) is 1. The molecule has 0 aliphatic carbocycles. The average Bonchev–Trinajstić information content (AvgIpc) is 2.67. The van der Waals surface area contributed by atoms with Crippen LogP contribution in [0.4, 0.5) is 4.39 Å². The molecule has 2 atom stereocenters. The summed E-state index contributed by atoms with van der Waals surface area (Å²) in [6, 6.07) is 13.4. The van der Waals surface area contributed by atoms with E-state index in [0.717, 1.165) is 17.5 Å². The number of halogens is 1. The number of benzene rings is 2. The zero-order valence-electron chi connectivity index (χ0n) is 17.0. The van der Waals surface area contributed by atoms with Crippen molar-refractivity contribution in [3.63, 3.8) is 0 Å². The molecule has 0 unspecified atom stereocenters. The van der Waals surface area contributed by atoms with Crippen LogP contribution in [0.5, 0.6) is 0 Å². The molecule has 0 bridgehead atoms. The molecule has 0 spiro atoms. The van der Waals surface area contributed by atoms with E-state index >= 15 is 0 Å². The maximum Gasteiger partial charge on any atom is 0.242 e. The van der Waals surface area contributed by atoms with Crippen molar-refractivity contribution in [2.45, 2.75) is 59.2 Å². The smallest absolute Gasteiger partial charge is 0.242 e. The highest BCUT2D eigenvalue weighted by atomic mass is 19.1. The number of hydrogen-bond acceptors (Lipinski definition) is 2. The van der Waals surface area contributed by atoms with Gasteiger partial charge in [0, 0.05) is 12.6 Å². The van der Waals surface area contributed by atoms with Gasteiger partial charge in [0.05, 0.1) is 6.42 Å². The van der Waals surface area contributed by atoms with Gasteiger partial charge in [-0.25, -0.2) is 4.39 Å². The Balaban J connectivity index is 2.25. The van der Waals surface area contributed by atoms with E-state index in [0.29, 0.717) is 12.1 Å². The minimum Gasteiger partial charge on any atom is -0.352 e. The summed E-state index contributed by atoms with van der Waals surface area (Å²) < 4.78 is 14.0. The standard InChI is InChI=1S/C23H29FN2O2/c1-5-17(3)25-23(28)18(4)26(15-19-10-8-9-16(2)13-19)22(27)14-20-11-6-7-12-21(20)24/h6-13,17-18H,5,14-15H2,1-4H3,(H,25,28)/t17-,18+/m1/s1. The molecule has 0 saturated carbocycles. The number of aryl methyl sites for hydroxylation is 1. The van der Waals surface area contributed by atoms with Crippen molar-refractivity contribution in [2.24, 2.45) is 0 Å². The number of nitrogens with zero attached hydrogens (tertiary/aromatic N) is 1. The van der Waals surface area contributed by atoms with Crippen LogP contribution in [-0.4, -0.2) is 28.8 Å². The van der Waals surface area contributed by atoms with Gasteiger partial charge in [0.1, 0.15) is 11.9 Å². The highest BCUT2D eigenvalue weighted by Gasteiger charge is 2.27. The van der Waals surface area contributed by atoms with Gasteiger partial charge < -0.3 is 10.2 Å². The summed E-state index contributed by atoms with van der Waals surface area (Å²) in [5.74, 6) is -0.898. The third-order valence-electron chi connectivity index (χ3n) is 4.90. The summed E-state index contributed by atoms with van der Waals surface area (Å²) in [7, 11) is 0. The van der Waals surface area contributed by atoms with Gasteiger partial charge in [-0.1, -0.05) is 55.0 Å². The van der Waals surface area contributed by atoms with Crippen molar-refractivity contribution >= 4 is 11.8 Å². The van der Waals surface area contributed by atoms with Gasteiger partial charge in [0.15, 0.2) is 0 Å². The Kier molecular flexibility index (Phi) is 7.73. The fraction of sp³-hybridized carbons (Fsp3) is 0.391. The van der Waals surface area contributed by atoms with Crippen molar-refractivity contribution in [2.75, 3.05) is 0 Å². The maximum atomic E-state index is 14.0. The van der Waals surface area contributed by atoms with Crippen LogP contribution in [0.15, 0.2) is 48.5 Å². The quantitative estimate of drug-likeness (QED) is 0.748. The second kappa shape index (κ2) is 10.0. The molecule has 0 radical (unpaired) electrons. The third kappa shape index (κ3) is 5.91. The minimum absolute atomic E-state index is 0.0254. The summed E-state index contributed by atoms with van der Waals surface area (Å²) in [4.78, 5) is 27.2. The van der Waals surface area contributed by atoms with Gasteiger partial charge >= 0.3 is 0 Å².